The molecule has 2 nitrogen and oxygen atoms in total. The van der Waals surface area contributed by atoms with Gasteiger partial charge in [0, 0.05) is 0 Å². The SMILES string of the molecule is C=CC(CCC(C)CC)C(=O)OCC. The first-order valence-corrected chi connectivity index (χ1v) is 5.44. The fraction of sp³-hybridized carbons (Fsp3) is 0.750. The van der Waals surface area contributed by atoms with Gasteiger partial charge in [-0.15, -0.1) is 6.58 Å². The van der Waals surface area contributed by atoms with Crippen LogP contribution in [0.2, 0.25) is 0 Å². The van der Waals surface area contributed by atoms with Crippen molar-refractivity contribution >= 4 is 5.97 Å². The number of carbonyl (C=O) groups excluding carboxylic acids is 1. The summed E-state index contributed by atoms with van der Waals surface area (Å²) in [5, 5.41) is 0. The molecule has 0 saturated carbocycles. The van der Waals surface area contributed by atoms with E-state index in [1.807, 2.05) is 6.92 Å². The van der Waals surface area contributed by atoms with Crippen molar-refractivity contribution in [2.45, 2.75) is 40.0 Å². The third-order valence-corrected chi connectivity index (χ3v) is 2.54. The quantitative estimate of drug-likeness (QED) is 0.464. The molecule has 14 heavy (non-hydrogen) atoms. The fourth-order valence-corrected chi connectivity index (χ4v) is 1.25. The average molecular weight is 198 g/mol. The first-order valence-electron chi connectivity index (χ1n) is 5.44. The summed E-state index contributed by atoms with van der Waals surface area (Å²) in [5.41, 5.74) is 0. The highest BCUT2D eigenvalue weighted by atomic mass is 16.5. The molecule has 0 aromatic heterocycles. The Bertz CT molecular complexity index is 175. The van der Waals surface area contributed by atoms with E-state index < -0.39 is 0 Å². The van der Waals surface area contributed by atoms with Gasteiger partial charge in [0.15, 0.2) is 0 Å². The van der Waals surface area contributed by atoms with Gasteiger partial charge >= 0.3 is 5.97 Å². The lowest BCUT2D eigenvalue weighted by Gasteiger charge is -2.13. The minimum absolute atomic E-state index is 0.121. The number of hydrogen-bond donors (Lipinski definition) is 0. The molecule has 0 rings (SSSR count). The maximum Gasteiger partial charge on any atom is 0.312 e. The molecule has 0 aliphatic heterocycles. The zero-order valence-corrected chi connectivity index (χ0v) is 9.58. The molecule has 0 aromatic carbocycles. The van der Waals surface area contributed by atoms with Crippen molar-refractivity contribution in [1.29, 1.82) is 0 Å². The summed E-state index contributed by atoms with van der Waals surface area (Å²) in [4.78, 5) is 11.4. The van der Waals surface area contributed by atoms with E-state index in [2.05, 4.69) is 20.4 Å². The van der Waals surface area contributed by atoms with Crippen LogP contribution in [0.15, 0.2) is 12.7 Å². The van der Waals surface area contributed by atoms with Gasteiger partial charge in [-0.1, -0.05) is 26.3 Å². The maximum atomic E-state index is 11.4. The lowest BCUT2D eigenvalue weighted by atomic mass is 9.95. The smallest absolute Gasteiger partial charge is 0.312 e. The van der Waals surface area contributed by atoms with Gasteiger partial charge < -0.3 is 4.74 Å². The molecule has 2 unspecified atom stereocenters. The van der Waals surface area contributed by atoms with Crippen molar-refractivity contribution in [2.24, 2.45) is 11.8 Å². The molecule has 0 bridgehead atoms. The summed E-state index contributed by atoms with van der Waals surface area (Å²) < 4.78 is 4.95. The van der Waals surface area contributed by atoms with Crippen molar-refractivity contribution in [3.63, 3.8) is 0 Å². The summed E-state index contributed by atoms with van der Waals surface area (Å²) in [6.07, 6.45) is 4.77. The van der Waals surface area contributed by atoms with E-state index in [1.165, 1.54) is 0 Å². The van der Waals surface area contributed by atoms with Crippen molar-refractivity contribution < 1.29 is 9.53 Å². The Kier molecular flexibility index (Phi) is 7.17. The third-order valence-electron chi connectivity index (χ3n) is 2.54. The second-order valence-corrected chi connectivity index (χ2v) is 3.69. The van der Waals surface area contributed by atoms with Crippen molar-refractivity contribution in [2.75, 3.05) is 6.61 Å². The average Bonchev–Trinajstić information content (AvgIpc) is 2.18. The van der Waals surface area contributed by atoms with Gasteiger partial charge in [-0.3, -0.25) is 4.79 Å². The third kappa shape index (κ3) is 5.05. The molecule has 0 aliphatic carbocycles. The Labute approximate surface area is 87.3 Å². The Balaban J connectivity index is 3.90. The number of rotatable bonds is 7. The molecule has 2 heteroatoms. The minimum atomic E-state index is -0.134. The Morgan fingerprint density at radius 2 is 2.07 bits per heavy atom. The molecular weight excluding hydrogens is 176 g/mol. The van der Waals surface area contributed by atoms with Crippen molar-refractivity contribution in [1.82, 2.24) is 0 Å². The minimum Gasteiger partial charge on any atom is -0.466 e. The number of carbonyl (C=O) groups is 1. The van der Waals surface area contributed by atoms with E-state index in [4.69, 9.17) is 4.74 Å². The van der Waals surface area contributed by atoms with Gasteiger partial charge in [-0.05, 0) is 25.7 Å². The summed E-state index contributed by atoms with van der Waals surface area (Å²) in [5.74, 6) is 0.418. The van der Waals surface area contributed by atoms with Crippen LogP contribution in [0.25, 0.3) is 0 Å². The molecule has 0 saturated heterocycles. The number of esters is 1. The molecule has 0 spiro atoms. The first kappa shape index (κ1) is 13.2. The first-order chi connectivity index (χ1) is 6.65. The molecule has 0 amide bonds. The van der Waals surface area contributed by atoms with E-state index in [9.17, 15) is 4.79 Å². The lowest BCUT2D eigenvalue weighted by Crippen LogP contribution is -2.16. The Morgan fingerprint density at radius 1 is 1.43 bits per heavy atom. The number of ether oxygens (including phenoxy) is 1. The highest BCUT2D eigenvalue weighted by Gasteiger charge is 2.16. The molecule has 0 aromatic rings. The van der Waals surface area contributed by atoms with E-state index in [0.717, 1.165) is 19.3 Å². The van der Waals surface area contributed by atoms with Gasteiger partial charge in [0.25, 0.3) is 0 Å². The molecular formula is C12H22O2. The Morgan fingerprint density at radius 3 is 2.50 bits per heavy atom. The van der Waals surface area contributed by atoms with Crippen LogP contribution in [0.3, 0.4) is 0 Å². The van der Waals surface area contributed by atoms with Gasteiger partial charge in [0.05, 0.1) is 12.5 Å². The summed E-state index contributed by atoms with van der Waals surface area (Å²) >= 11 is 0. The molecule has 0 radical (unpaired) electrons. The largest absolute Gasteiger partial charge is 0.466 e. The second kappa shape index (κ2) is 7.60. The van der Waals surface area contributed by atoms with Crippen LogP contribution in [0.4, 0.5) is 0 Å². The zero-order chi connectivity index (χ0) is 11.0. The molecule has 0 fully saturated rings. The lowest BCUT2D eigenvalue weighted by molar-refractivity contribution is -0.146. The zero-order valence-electron chi connectivity index (χ0n) is 9.58. The van der Waals surface area contributed by atoms with E-state index in [1.54, 1.807) is 6.08 Å². The number of hydrogen-bond acceptors (Lipinski definition) is 2. The van der Waals surface area contributed by atoms with Gasteiger partial charge in [0.1, 0.15) is 0 Å². The van der Waals surface area contributed by atoms with Crippen molar-refractivity contribution in [3.8, 4) is 0 Å². The topological polar surface area (TPSA) is 26.3 Å². The molecule has 2 atom stereocenters. The van der Waals surface area contributed by atoms with E-state index in [0.29, 0.717) is 12.5 Å². The van der Waals surface area contributed by atoms with Crippen LogP contribution in [0, 0.1) is 11.8 Å². The Hall–Kier alpha value is -0.790. The van der Waals surface area contributed by atoms with Crippen molar-refractivity contribution in [3.05, 3.63) is 12.7 Å². The molecule has 0 heterocycles. The summed E-state index contributed by atoms with van der Waals surface area (Å²) in [6.45, 7) is 10.3. The van der Waals surface area contributed by atoms with Crippen LogP contribution < -0.4 is 0 Å². The van der Waals surface area contributed by atoms with Crippen LogP contribution in [-0.2, 0) is 9.53 Å². The fourth-order valence-electron chi connectivity index (χ4n) is 1.25. The summed E-state index contributed by atoms with van der Waals surface area (Å²) in [6, 6.07) is 0. The normalized spacial score (nSPS) is 14.5. The molecule has 0 aliphatic rings. The molecule has 0 N–H and O–H groups in total. The van der Waals surface area contributed by atoms with E-state index >= 15 is 0 Å². The summed E-state index contributed by atoms with van der Waals surface area (Å²) in [7, 11) is 0. The standard InChI is InChI=1S/C12H22O2/c1-5-10(4)8-9-11(6-2)12(13)14-7-3/h6,10-11H,2,5,7-9H2,1,3-4H3. The van der Waals surface area contributed by atoms with Gasteiger partial charge in [-0.25, -0.2) is 0 Å². The van der Waals surface area contributed by atoms with Gasteiger partial charge in [-0.2, -0.15) is 0 Å². The molecule has 82 valence electrons. The second-order valence-electron chi connectivity index (χ2n) is 3.69. The van der Waals surface area contributed by atoms with Crippen LogP contribution in [-0.4, -0.2) is 12.6 Å². The predicted octanol–water partition coefficient (Wildman–Crippen LogP) is 3.18. The highest BCUT2D eigenvalue weighted by molar-refractivity contribution is 5.74. The predicted molar refractivity (Wildman–Crippen MR) is 59.0 cm³/mol. The van der Waals surface area contributed by atoms with Crippen LogP contribution in [0.1, 0.15) is 40.0 Å². The monoisotopic (exact) mass is 198 g/mol. The van der Waals surface area contributed by atoms with Gasteiger partial charge in [0.2, 0.25) is 0 Å². The highest BCUT2D eigenvalue weighted by Crippen LogP contribution is 2.16. The van der Waals surface area contributed by atoms with E-state index in [-0.39, 0.29) is 11.9 Å². The van der Waals surface area contributed by atoms with Crippen LogP contribution >= 0.6 is 0 Å². The van der Waals surface area contributed by atoms with Crippen LogP contribution in [0.5, 0.6) is 0 Å². The maximum absolute atomic E-state index is 11.4.